The minimum Gasteiger partial charge on any atom is -0.497 e. The number of anilines is 1. The third-order valence-electron chi connectivity index (χ3n) is 4.66. The van der Waals surface area contributed by atoms with Crippen molar-refractivity contribution in [2.45, 2.75) is 39.5 Å². The van der Waals surface area contributed by atoms with Gasteiger partial charge < -0.3 is 15.0 Å². The van der Waals surface area contributed by atoms with Crippen molar-refractivity contribution in [2.75, 3.05) is 25.1 Å². The first-order valence-corrected chi connectivity index (χ1v) is 9.69. The molecule has 0 bridgehead atoms. The molecule has 2 rings (SSSR count). The molecule has 2 aromatic rings. The summed E-state index contributed by atoms with van der Waals surface area (Å²) in [4.78, 5) is 26.1. The highest BCUT2D eigenvalue weighted by molar-refractivity contribution is 5.93. The summed E-state index contributed by atoms with van der Waals surface area (Å²) in [6.07, 6.45) is 1.000. The lowest BCUT2D eigenvalue weighted by molar-refractivity contribution is -0.121. The molecule has 1 N–H and O–H groups in total. The summed E-state index contributed by atoms with van der Waals surface area (Å²) in [5.41, 5.74) is 3.10. The summed E-state index contributed by atoms with van der Waals surface area (Å²) < 4.78 is 5.21. The van der Waals surface area contributed by atoms with Crippen LogP contribution in [0, 0.1) is 0 Å². The minimum absolute atomic E-state index is 0.0581. The molecule has 0 radical (unpaired) electrons. The predicted octanol–water partition coefficient (Wildman–Crippen LogP) is 3.92. The summed E-state index contributed by atoms with van der Waals surface area (Å²) in [5.74, 6) is 0.993. The number of nitrogens with one attached hydrogen (secondary N) is 1. The van der Waals surface area contributed by atoms with Crippen molar-refractivity contribution in [3.63, 3.8) is 0 Å². The molecule has 2 amide bonds. The van der Waals surface area contributed by atoms with E-state index in [0.29, 0.717) is 19.0 Å². The van der Waals surface area contributed by atoms with Crippen molar-refractivity contribution in [1.29, 1.82) is 0 Å². The number of carbonyl (C=O) groups is 2. The fourth-order valence-electron chi connectivity index (χ4n) is 3.15. The smallest absolute Gasteiger partial charge is 0.223 e. The van der Waals surface area contributed by atoms with Gasteiger partial charge in [0.05, 0.1) is 7.11 Å². The van der Waals surface area contributed by atoms with Crippen molar-refractivity contribution in [1.82, 2.24) is 5.32 Å². The van der Waals surface area contributed by atoms with E-state index in [1.54, 1.807) is 12.0 Å². The third kappa shape index (κ3) is 6.12. The second-order valence-electron chi connectivity index (χ2n) is 7.09. The Bertz CT molecular complexity index is 802. The maximum Gasteiger partial charge on any atom is 0.223 e. The largest absolute Gasteiger partial charge is 0.497 e. The number of nitrogens with zero attached hydrogens (tertiary/aromatic N) is 1. The fraction of sp³-hybridized carbons (Fsp3) is 0.391. The van der Waals surface area contributed by atoms with Gasteiger partial charge in [0.25, 0.3) is 0 Å². The van der Waals surface area contributed by atoms with E-state index in [1.807, 2.05) is 48.5 Å². The lowest BCUT2D eigenvalue weighted by Crippen LogP contribution is -2.35. The molecular formula is C23H30N2O3. The van der Waals surface area contributed by atoms with Crippen LogP contribution in [0.25, 0.3) is 0 Å². The van der Waals surface area contributed by atoms with Gasteiger partial charge in [-0.25, -0.2) is 0 Å². The Morgan fingerprint density at radius 1 is 1.11 bits per heavy atom. The highest BCUT2D eigenvalue weighted by atomic mass is 16.5. The van der Waals surface area contributed by atoms with E-state index in [4.69, 9.17) is 4.74 Å². The molecule has 0 spiro atoms. The molecule has 28 heavy (non-hydrogen) atoms. The number of hydrogen-bond donors (Lipinski definition) is 1. The van der Waals surface area contributed by atoms with E-state index in [1.165, 1.54) is 6.92 Å². The highest BCUT2D eigenvalue weighted by Crippen LogP contribution is 2.27. The third-order valence-corrected chi connectivity index (χ3v) is 4.66. The van der Waals surface area contributed by atoms with Crippen LogP contribution in [0.15, 0.2) is 48.5 Å². The van der Waals surface area contributed by atoms with Crippen molar-refractivity contribution < 1.29 is 14.3 Å². The van der Waals surface area contributed by atoms with Crippen LogP contribution in [0.2, 0.25) is 0 Å². The molecule has 2 aromatic carbocycles. The van der Waals surface area contributed by atoms with Crippen LogP contribution in [0.5, 0.6) is 5.75 Å². The zero-order valence-corrected chi connectivity index (χ0v) is 17.2. The van der Waals surface area contributed by atoms with E-state index < -0.39 is 0 Å². The van der Waals surface area contributed by atoms with Crippen molar-refractivity contribution >= 4 is 17.5 Å². The van der Waals surface area contributed by atoms with E-state index in [9.17, 15) is 9.59 Å². The maximum absolute atomic E-state index is 12.3. The number of benzene rings is 2. The Balaban J connectivity index is 1.90. The number of amides is 2. The Morgan fingerprint density at radius 3 is 2.54 bits per heavy atom. The van der Waals surface area contributed by atoms with Crippen molar-refractivity contribution in [2.24, 2.45) is 0 Å². The average molecular weight is 383 g/mol. The minimum atomic E-state index is -0.0591. The van der Waals surface area contributed by atoms with Crippen LogP contribution in [0.4, 0.5) is 5.69 Å². The second kappa shape index (κ2) is 10.5. The van der Waals surface area contributed by atoms with Crippen LogP contribution >= 0.6 is 0 Å². The van der Waals surface area contributed by atoms with Crippen LogP contribution in [0.1, 0.15) is 44.2 Å². The maximum atomic E-state index is 12.3. The molecule has 0 unspecified atom stereocenters. The van der Waals surface area contributed by atoms with Crippen molar-refractivity contribution in [3.05, 3.63) is 59.7 Å². The van der Waals surface area contributed by atoms with Gasteiger partial charge in [-0.3, -0.25) is 9.59 Å². The van der Waals surface area contributed by atoms with Gasteiger partial charge in [0, 0.05) is 32.1 Å². The topological polar surface area (TPSA) is 58.6 Å². The lowest BCUT2D eigenvalue weighted by Gasteiger charge is -2.25. The number of rotatable bonds is 9. The first-order valence-electron chi connectivity index (χ1n) is 9.69. The molecule has 0 heterocycles. The molecule has 0 saturated carbocycles. The summed E-state index contributed by atoms with van der Waals surface area (Å²) >= 11 is 0. The van der Waals surface area contributed by atoms with Gasteiger partial charge >= 0.3 is 0 Å². The molecule has 5 heteroatoms. The number of hydrogen-bond acceptors (Lipinski definition) is 3. The normalized spacial score (nSPS) is 10.6. The monoisotopic (exact) mass is 382 g/mol. The van der Waals surface area contributed by atoms with Crippen LogP contribution < -0.4 is 15.0 Å². The average Bonchev–Trinajstić information content (AvgIpc) is 2.68. The Kier molecular flexibility index (Phi) is 8.05. The second-order valence-corrected chi connectivity index (χ2v) is 7.09. The zero-order valence-electron chi connectivity index (χ0n) is 17.2. The van der Waals surface area contributed by atoms with Crippen LogP contribution in [0.3, 0.4) is 0 Å². The quantitative estimate of drug-likeness (QED) is 0.715. The van der Waals surface area contributed by atoms with Gasteiger partial charge in [-0.15, -0.1) is 0 Å². The summed E-state index contributed by atoms with van der Waals surface area (Å²) in [6, 6.07) is 15.7. The van der Waals surface area contributed by atoms with Gasteiger partial charge in [0.2, 0.25) is 11.8 Å². The summed E-state index contributed by atoms with van der Waals surface area (Å²) in [5, 5.41) is 2.93. The first-order chi connectivity index (χ1) is 13.4. The number of ether oxygens (including phenoxy) is 1. The van der Waals surface area contributed by atoms with Gasteiger partial charge in [0.15, 0.2) is 0 Å². The van der Waals surface area contributed by atoms with Gasteiger partial charge in [-0.2, -0.15) is 0 Å². The van der Waals surface area contributed by atoms with Gasteiger partial charge in [-0.1, -0.05) is 44.2 Å². The SMILES string of the molecule is COc1cccc(CCNC(=O)CCN(C(C)=O)c2ccccc2C(C)C)c1. The van der Waals surface area contributed by atoms with Crippen LogP contribution in [-0.2, 0) is 16.0 Å². The predicted molar refractivity (Wildman–Crippen MR) is 113 cm³/mol. The standard InChI is InChI=1S/C23H30N2O3/c1-17(2)21-10-5-6-11-22(21)25(18(3)26)15-13-23(27)24-14-12-19-8-7-9-20(16-19)28-4/h5-11,16-17H,12-15H2,1-4H3,(H,24,27). The Hall–Kier alpha value is -2.82. The van der Waals surface area contributed by atoms with E-state index in [-0.39, 0.29) is 18.2 Å². The molecule has 5 nitrogen and oxygen atoms in total. The molecule has 0 atom stereocenters. The number of methoxy groups -OCH3 is 1. The van der Waals surface area contributed by atoms with Gasteiger partial charge in [0.1, 0.15) is 5.75 Å². The van der Waals surface area contributed by atoms with Gasteiger partial charge in [-0.05, 0) is 41.7 Å². The van der Waals surface area contributed by atoms with Crippen LogP contribution in [-0.4, -0.2) is 32.0 Å². The fourth-order valence-corrected chi connectivity index (χ4v) is 3.15. The highest BCUT2D eigenvalue weighted by Gasteiger charge is 2.17. The molecule has 0 saturated heterocycles. The molecule has 0 aliphatic rings. The van der Waals surface area contributed by atoms with Crippen molar-refractivity contribution in [3.8, 4) is 5.75 Å². The van der Waals surface area contributed by atoms with E-state index in [2.05, 4.69) is 19.2 Å². The lowest BCUT2D eigenvalue weighted by atomic mass is 10.0. The Labute approximate surface area is 167 Å². The molecule has 0 aromatic heterocycles. The molecular weight excluding hydrogens is 352 g/mol. The van der Waals surface area contributed by atoms with E-state index >= 15 is 0 Å². The Morgan fingerprint density at radius 2 is 1.86 bits per heavy atom. The molecule has 0 aliphatic heterocycles. The number of para-hydroxylation sites is 1. The summed E-state index contributed by atoms with van der Waals surface area (Å²) in [7, 11) is 1.64. The molecule has 150 valence electrons. The molecule has 0 fully saturated rings. The molecule has 0 aliphatic carbocycles. The zero-order chi connectivity index (χ0) is 20.5. The van der Waals surface area contributed by atoms with E-state index in [0.717, 1.165) is 29.0 Å². The first kappa shape index (κ1) is 21.5. The number of carbonyl (C=O) groups excluding carboxylic acids is 2. The summed E-state index contributed by atoms with van der Waals surface area (Å²) in [6.45, 7) is 6.65.